The van der Waals surface area contributed by atoms with E-state index in [1.54, 1.807) is 6.08 Å². The molecule has 0 spiro atoms. The summed E-state index contributed by atoms with van der Waals surface area (Å²) in [5.74, 6) is 0.662. The quantitative estimate of drug-likeness (QED) is 0.373. The van der Waals surface area contributed by atoms with Gasteiger partial charge in [-0.05, 0) is 22.3 Å². The van der Waals surface area contributed by atoms with E-state index in [4.69, 9.17) is 0 Å². The fourth-order valence-electron chi connectivity index (χ4n) is 4.01. The lowest BCUT2D eigenvalue weighted by Gasteiger charge is -2.24. The summed E-state index contributed by atoms with van der Waals surface area (Å²) in [5.41, 5.74) is 6.45. The van der Waals surface area contributed by atoms with Gasteiger partial charge < -0.3 is 5.11 Å². The first-order chi connectivity index (χ1) is 14.9. The van der Waals surface area contributed by atoms with E-state index in [-0.39, 0.29) is 17.8 Å². The van der Waals surface area contributed by atoms with Crippen LogP contribution in [0.4, 0.5) is 0 Å². The highest BCUT2D eigenvalue weighted by atomic mass is 16.3. The first-order valence-electron chi connectivity index (χ1n) is 10.9. The van der Waals surface area contributed by atoms with Crippen LogP contribution in [0.25, 0.3) is 0 Å². The molecule has 158 valence electrons. The summed E-state index contributed by atoms with van der Waals surface area (Å²) in [7, 11) is 0. The van der Waals surface area contributed by atoms with Gasteiger partial charge in [-0.1, -0.05) is 125 Å². The molecule has 0 amide bonds. The molecule has 0 aliphatic carbocycles. The van der Waals surface area contributed by atoms with Crippen molar-refractivity contribution in [2.45, 2.75) is 38.5 Å². The van der Waals surface area contributed by atoms with Crippen LogP contribution in [0, 0.1) is 0 Å². The summed E-state index contributed by atoms with van der Waals surface area (Å²) in [6, 6.07) is 25.0. The fraction of sp³-hybridized carbons (Fsp3) is 0.200. The Morgan fingerprint density at radius 1 is 0.774 bits per heavy atom. The molecule has 3 aromatic carbocycles. The average molecular weight is 409 g/mol. The maximum absolute atomic E-state index is 11.4. The average Bonchev–Trinajstić information content (AvgIpc) is 2.82. The second kappa shape index (κ2) is 10.1. The van der Waals surface area contributed by atoms with Crippen molar-refractivity contribution in [3.63, 3.8) is 0 Å². The fourth-order valence-corrected chi connectivity index (χ4v) is 4.01. The molecule has 0 heterocycles. The maximum atomic E-state index is 11.4. The molecule has 0 aliphatic heterocycles. The van der Waals surface area contributed by atoms with E-state index < -0.39 is 0 Å². The first-order valence-corrected chi connectivity index (χ1v) is 10.9. The Labute approximate surface area is 187 Å². The number of phenols is 1. The van der Waals surface area contributed by atoms with Gasteiger partial charge in [-0.15, -0.1) is 0 Å². The molecule has 3 unspecified atom stereocenters. The second-order valence-electron chi connectivity index (χ2n) is 8.20. The third-order valence-corrected chi connectivity index (χ3v) is 6.23. The highest BCUT2D eigenvalue weighted by Crippen LogP contribution is 2.41. The minimum atomic E-state index is 0.0760. The predicted octanol–water partition coefficient (Wildman–Crippen LogP) is 8.10. The van der Waals surface area contributed by atoms with E-state index in [0.29, 0.717) is 5.75 Å². The van der Waals surface area contributed by atoms with E-state index in [1.807, 2.05) is 48.6 Å². The molecule has 1 nitrogen and oxygen atoms in total. The van der Waals surface area contributed by atoms with Crippen molar-refractivity contribution in [2.24, 2.45) is 0 Å². The SMILES string of the molecule is C=C/C=C\C(=C)C(C)c1cc(C(C)c2ccccc2)c(O)c(C(C)c2ccccc2)c1. The Balaban J connectivity index is 2.14. The van der Waals surface area contributed by atoms with Crippen LogP contribution in [0.2, 0.25) is 0 Å². The van der Waals surface area contributed by atoms with Gasteiger partial charge in [0.1, 0.15) is 5.75 Å². The topological polar surface area (TPSA) is 20.2 Å². The molecule has 0 fully saturated rings. The summed E-state index contributed by atoms with van der Waals surface area (Å²) in [4.78, 5) is 0. The van der Waals surface area contributed by atoms with E-state index in [2.05, 4.69) is 70.3 Å². The number of rotatable bonds is 8. The van der Waals surface area contributed by atoms with Gasteiger partial charge >= 0.3 is 0 Å². The van der Waals surface area contributed by atoms with Crippen LogP contribution in [0.5, 0.6) is 5.75 Å². The first kappa shape index (κ1) is 22.4. The number of phenolic OH excluding ortho intramolecular Hbond substituents is 1. The van der Waals surface area contributed by atoms with Gasteiger partial charge in [-0.3, -0.25) is 0 Å². The van der Waals surface area contributed by atoms with E-state index in [1.165, 1.54) is 11.1 Å². The number of hydrogen-bond acceptors (Lipinski definition) is 1. The molecule has 31 heavy (non-hydrogen) atoms. The molecule has 0 aromatic heterocycles. The molecule has 3 rings (SSSR count). The highest BCUT2D eigenvalue weighted by molar-refractivity contribution is 5.53. The van der Waals surface area contributed by atoms with Crippen molar-refractivity contribution in [2.75, 3.05) is 0 Å². The zero-order chi connectivity index (χ0) is 22.4. The van der Waals surface area contributed by atoms with Gasteiger partial charge in [-0.2, -0.15) is 0 Å². The molecule has 0 aliphatic rings. The Kier molecular flexibility index (Phi) is 7.31. The van der Waals surface area contributed by atoms with Crippen LogP contribution in [0.15, 0.2) is 110 Å². The summed E-state index contributed by atoms with van der Waals surface area (Å²) >= 11 is 0. The molecular weight excluding hydrogens is 376 g/mol. The van der Waals surface area contributed by atoms with Gasteiger partial charge in [0.15, 0.2) is 0 Å². The van der Waals surface area contributed by atoms with Crippen LogP contribution < -0.4 is 0 Å². The number of aromatic hydroxyl groups is 1. The van der Waals surface area contributed by atoms with Gasteiger partial charge in [0.2, 0.25) is 0 Å². The molecule has 1 N–H and O–H groups in total. The van der Waals surface area contributed by atoms with Crippen molar-refractivity contribution >= 4 is 0 Å². The van der Waals surface area contributed by atoms with Crippen LogP contribution >= 0.6 is 0 Å². The summed E-state index contributed by atoms with van der Waals surface area (Å²) in [6.45, 7) is 14.5. The summed E-state index contributed by atoms with van der Waals surface area (Å²) < 4.78 is 0. The number of benzene rings is 3. The van der Waals surface area contributed by atoms with Crippen LogP contribution in [-0.4, -0.2) is 5.11 Å². The Hall–Kier alpha value is -3.32. The lowest BCUT2D eigenvalue weighted by Crippen LogP contribution is -2.06. The molecular formula is C30H32O. The largest absolute Gasteiger partial charge is 0.507 e. The molecule has 3 atom stereocenters. The zero-order valence-electron chi connectivity index (χ0n) is 18.8. The minimum absolute atomic E-state index is 0.0760. The molecule has 3 aromatic rings. The normalized spacial score (nSPS) is 14.2. The Morgan fingerprint density at radius 2 is 1.23 bits per heavy atom. The Morgan fingerprint density at radius 3 is 1.65 bits per heavy atom. The van der Waals surface area contributed by atoms with Crippen LogP contribution in [0.1, 0.15) is 66.3 Å². The lowest BCUT2D eigenvalue weighted by atomic mass is 9.81. The van der Waals surface area contributed by atoms with Crippen molar-refractivity contribution in [1.82, 2.24) is 0 Å². The summed E-state index contributed by atoms with van der Waals surface area (Å²) in [5, 5.41) is 11.4. The zero-order valence-corrected chi connectivity index (χ0v) is 18.8. The van der Waals surface area contributed by atoms with Crippen molar-refractivity contribution in [3.8, 4) is 5.75 Å². The third kappa shape index (κ3) is 5.06. The minimum Gasteiger partial charge on any atom is -0.507 e. The molecule has 0 saturated carbocycles. The van der Waals surface area contributed by atoms with Gasteiger partial charge in [-0.25, -0.2) is 0 Å². The standard InChI is InChI=1S/C30H32O/c1-6-7-14-21(2)22(3)27-19-28(23(4)25-15-10-8-11-16-25)30(31)29(20-27)24(5)26-17-12-9-13-18-26/h6-20,22-24,31H,1-2H2,3-5H3/b14-7-. The number of allylic oxidation sites excluding steroid dienone is 4. The highest BCUT2D eigenvalue weighted by Gasteiger charge is 2.22. The van der Waals surface area contributed by atoms with E-state index in [0.717, 1.165) is 22.3 Å². The second-order valence-corrected chi connectivity index (χ2v) is 8.20. The molecule has 1 heteroatoms. The van der Waals surface area contributed by atoms with Gasteiger partial charge in [0.05, 0.1) is 0 Å². The van der Waals surface area contributed by atoms with Crippen molar-refractivity contribution < 1.29 is 5.11 Å². The van der Waals surface area contributed by atoms with E-state index in [9.17, 15) is 5.11 Å². The molecule has 0 bridgehead atoms. The smallest absolute Gasteiger partial charge is 0.123 e. The maximum Gasteiger partial charge on any atom is 0.123 e. The molecule has 0 saturated heterocycles. The van der Waals surface area contributed by atoms with E-state index >= 15 is 0 Å². The van der Waals surface area contributed by atoms with Crippen LogP contribution in [-0.2, 0) is 0 Å². The third-order valence-electron chi connectivity index (χ3n) is 6.23. The van der Waals surface area contributed by atoms with Crippen molar-refractivity contribution in [1.29, 1.82) is 0 Å². The van der Waals surface area contributed by atoms with Crippen LogP contribution in [0.3, 0.4) is 0 Å². The number of hydrogen-bond donors (Lipinski definition) is 1. The van der Waals surface area contributed by atoms with Gasteiger partial charge in [0.25, 0.3) is 0 Å². The summed E-state index contributed by atoms with van der Waals surface area (Å²) in [6.07, 6.45) is 5.69. The van der Waals surface area contributed by atoms with Gasteiger partial charge in [0, 0.05) is 28.9 Å². The lowest BCUT2D eigenvalue weighted by molar-refractivity contribution is 0.456. The predicted molar refractivity (Wildman–Crippen MR) is 133 cm³/mol. The van der Waals surface area contributed by atoms with Crippen molar-refractivity contribution in [3.05, 3.63) is 138 Å². The Bertz CT molecular complexity index is 994. The monoisotopic (exact) mass is 408 g/mol. The molecule has 0 radical (unpaired) electrons.